The summed E-state index contributed by atoms with van der Waals surface area (Å²) in [5.41, 5.74) is 11.6. The fourth-order valence-electron chi connectivity index (χ4n) is 2.00. The Hall–Kier alpha value is -1.72. The van der Waals surface area contributed by atoms with Crippen molar-refractivity contribution in [3.8, 4) is 0 Å². The van der Waals surface area contributed by atoms with E-state index in [0.717, 1.165) is 18.9 Å². The van der Waals surface area contributed by atoms with E-state index in [1.807, 2.05) is 0 Å². The maximum absolute atomic E-state index is 5.83. The number of hydrogen-bond donors (Lipinski definition) is 2. The highest BCUT2D eigenvalue weighted by molar-refractivity contribution is 5.46. The van der Waals surface area contributed by atoms with Gasteiger partial charge in [0, 0.05) is 13.1 Å². The molecular weight excluding hydrogens is 206 g/mol. The van der Waals surface area contributed by atoms with Crippen LogP contribution < -0.4 is 25.9 Å². The number of anilines is 3. The molecule has 1 aliphatic rings. The van der Waals surface area contributed by atoms with Crippen LogP contribution in [-0.2, 0) is 0 Å². The van der Waals surface area contributed by atoms with Crippen molar-refractivity contribution in [2.45, 2.75) is 19.3 Å². The molecule has 0 spiro atoms. The van der Waals surface area contributed by atoms with Crippen LogP contribution in [0.5, 0.6) is 0 Å². The molecule has 0 aromatic carbocycles. The van der Waals surface area contributed by atoms with E-state index in [4.69, 9.17) is 16.3 Å². The van der Waals surface area contributed by atoms with E-state index in [2.05, 4.69) is 9.88 Å². The van der Waals surface area contributed by atoms with E-state index in [-0.39, 0.29) is 5.95 Å². The molecular formula is C10H18N5O+. The van der Waals surface area contributed by atoms with Crippen LogP contribution in [0, 0.1) is 0 Å². The number of hydrogen-bond acceptors (Lipinski definition) is 5. The van der Waals surface area contributed by atoms with Crippen LogP contribution in [-0.4, -0.2) is 25.2 Å². The van der Waals surface area contributed by atoms with E-state index < -0.39 is 0 Å². The highest BCUT2D eigenvalue weighted by Gasteiger charge is 2.19. The Morgan fingerprint density at radius 1 is 1.31 bits per heavy atom. The monoisotopic (exact) mass is 224 g/mol. The van der Waals surface area contributed by atoms with E-state index >= 15 is 0 Å². The smallest absolute Gasteiger partial charge is 0.371 e. The standard InChI is InChI=1S/C10H17N5O/c1-16-15-8(11)7-9(13-10(15)12)14-5-3-2-4-6-14/h7H,2-6H2,1H3,(H3,11,12,13)/p+1. The third-order valence-corrected chi connectivity index (χ3v) is 2.81. The summed E-state index contributed by atoms with van der Waals surface area (Å²) in [7, 11) is 1.51. The topological polar surface area (TPSA) is 81.3 Å². The number of nitrogens with two attached hydrogens (primary N) is 2. The number of piperidine rings is 1. The molecule has 0 bridgehead atoms. The first-order valence-corrected chi connectivity index (χ1v) is 5.50. The molecule has 1 saturated heterocycles. The van der Waals surface area contributed by atoms with Crippen LogP contribution in [0.1, 0.15) is 19.3 Å². The van der Waals surface area contributed by atoms with Gasteiger partial charge in [-0.3, -0.25) is 0 Å². The second kappa shape index (κ2) is 4.42. The molecule has 1 aromatic rings. The number of rotatable bonds is 2. The summed E-state index contributed by atoms with van der Waals surface area (Å²) in [6, 6.07) is 1.80. The van der Waals surface area contributed by atoms with E-state index in [1.165, 1.54) is 31.1 Å². The van der Waals surface area contributed by atoms with Gasteiger partial charge in [-0.2, -0.15) is 0 Å². The van der Waals surface area contributed by atoms with Gasteiger partial charge in [-0.15, -0.1) is 0 Å². The number of nitrogen functional groups attached to an aromatic ring is 2. The maximum Gasteiger partial charge on any atom is 0.383 e. The van der Waals surface area contributed by atoms with Crippen molar-refractivity contribution in [2.24, 2.45) is 0 Å². The van der Waals surface area contributed by atoms with Crippen molar-refractivity contribution in [2.75, 3.05) is 36.6 Å². The van der Waals surface area contributed by atoms with Crippen LogP contribution >= 0.6 is 0 Å². The molecule has 0 radical (unpaired) electrons. The molecule has 1 aliphatic heterocycles. The summed E-state index contributed by atoms with van der Waals surface area (Å²) in [5, 5.41) is 0. The normalized spacial score (nSPS) is 16.2. The molecule has 2 heterocycles. The minimum Gasteiger partial charge on any atom is -0.371 e. The molecule has 0 aliphatic carbocycles. The van der Waals surface area contributed by atoms with Crippen molar-refractivity contribution in [3.63, 3.8) is 0 Å². The quantitative estimate of drug-likeness (QED) is 0.667. The van der Waals surface area contributed by atoms with E-state index in [9.17, 15) is 0 Å². The van der Waals surface area contributed by atoms with Crippen LogP contribution in [0.2, 0.25) is 0 Å². The molecule has 0 unspecified atom stereocenters. The molecule has 1 fully saturated rings. The first-order valence-electron chi connectivity index (χ1n) is 5.50. The molecule has 16 heavy (non-hydrogen) atoms. The van der Waals surface area contributed by atoms with Gasteiger partial charge in [0.2, 0.25) is 5.82 Å². The summed E-state index contributed by atoms with van der Waals surface area (Å²) < 4.78 is 1.31. The summed E-state index contributed by atoms with van der Waals surface area (Å²) in [4.78, 5) is 11.5. The maximum atomic E-state index is 5.83. The van der Waals surface area contributed by atoms with Crippen LogP contribution in [0.3, 0.4) is 0 Å². The highest BCUT2D eigenvalue weighted by Crippen LogP contribution is 2.18. The van der Waals surface area contributed by atoms with Gasteiger partial charge in [-0.1, -0.05) is 4.98 Å². The summed E-state index contributed by atoms with van der Waals surface area (Å²) in [6.45, 7) is 2.03. The highest BCUT2D eigenvalue weighted by atomic mass is 16.6. The first kappa shape index (κ1) is 10.8. The van der Waals surface area contributed by atoms with Crippen molar-refractivity contribution in [1.82, 2.24) is 4.98 Å². The number of aromatic nitrogens is 2. The Bertz CT molecular complexity index is 352. The zero-order chi connectivity index (χ0) is 11.5. The van der Waals surface area contributed by atoms with E-state index in [1.54, 1.807) is 6.07 Å². The average Bonchev–Trinajstić information content (AvgIpc) is 2.30. The predicted octanol–water partition coefficient (Wildman–Crippen LogP) is -0.418. The van der Waals surface area contributed by atoms with Gasteiger partial charge in [0.1, 0.15) is 7.11 Å². The van der Waals surface area contributed by atoms with Gasteiger partial charge in [0.25, 0.3) is 0 Å². The molecule has 6 heteroatoms. The van der Waals surface area contributed by atoms with Gasteiger partial charge in [0.05, 0.1) is 6.07 Å². The molecule has 0 amide bonds. The Kier molecular flexibility index (Phi) is 2.98. The lowest BCUT2D eigenvalue weighted by Crippen LogP contribution is -2.47. The van der Waals surface area contributed by atoms with Crippen molar-refractivity contribution in [3.05, 3.63) is 6.07 Å². The SMILES string of the molecule is CO[n+]1c(N)cc(N2CCCCC2)nc1N. The Balaban J connectivity index is 2.28. The molecule has 4 N–H and O–H groups in total. The third-order valence-electron chi connectivity index (χ3n) is 2.81. The molecule has 0 atom stereocenters. The lowest BCUT2D eigenvalue weighted by molar-refractivity contribution is -0.864. The first-order chi connectivity index (χ1) is 7.72. The molecule has 2 rings (SSSR count). The summed E-state index contributed by atoms with van der Waals surface area (Å²) >= 11 is 0. The van der Waals surface area contributed by atoms with Gasteiger partial charge in [-0.25, -0.2) is 0 Å². The lowest BCUT2D eigenvalue weighted by Gasteiger charge is -2.26. The summed E-state index contributed by atoms with van der Waals surface area (Å²) in [6.07, 6.45) is 3.67. The number of nitrogens with zero attached hydrogens (tertiary/aromatic N) is 3. The van der Waals surface area contributed by atoms with Crippen molar-refractivity contribution >= 4 is 17.6 Å². The zero-order valence-electron chi connectivity index (χ0n) is 9.52. The largest absolute Gasteiger partial charge is 0.383 e. The van der Waals surface area contributed by atoms with Crippen LogP contribution in [0.25, 0.3) is 0 Å². The Morgan fingerprint density at radius 2 is 2.00 bits per heavy atom. The summed E-state index contributed by atoms with van der Waals surface area (Å²) in [5.74, 6) is 1.58. The van der Waals surface area contributed by atoms with Crippen LogP contribution in [0.4, 0.5) is 17.6 Å². The molecule has 0 saturated carbocycles. The van der Waals surface area contributed by atoms with Gasteiger partial charge in [0.15, 0.2) is 5.82 Å². The second-order valence-electron chi connectivity index (χ2n) is 3.92. The lowest BCUT2D eigenvalue weighted by atomic mass is 10.1. The Morgan fingerprint density at radius 3 is 2.56 bits per heavy atom. The van der Waals surface area contributed by atoms with Gasteiger partial charge in [-0.05, 0) is 24.0 Å². The zero-order valence-corrected chi connectivity index (χ0v) is 9.52. The van der Waals surface area contributed by atoms with Crippen molar-refractivity contribution in [1.29, 1.82) is 0 Å². The third kappa shape index (κ3) is 1.95. The molecule has 1 aromatic heterocycles. The average molecular weight is 224 g/mol. The fraction of sp³-hybridized carbons (Fsp3) is 0.600. The molecule has 6 nitrogen and oxygen atoms in total. The molecule has 88 valence electrons. The van der Waals surface area contributed by atoms with E-state index in [0.29, 0.717) is 5.82 Å². The minimum absolute atomic E-state index is 0.281. The fourth-order valence-corrected chi connectivity index (χ4v) is 2.00. The Labute approximate surface area is 94.8 Å². The van der Waals surface area contributed by atoms with Crippen molar-refractivity contribution < 1.29 is 9.57 Å². The second-order valence-corrected chi connectivity index (χ2v) is 3.92. The van der Waals surface area contributed by atoms with Gasteiger partial charge >= 0.3 is 5.95 Å². The minimum atomic E-state index is 0.281. The van der Waals surface area contributed by atoms with Gasteiger partial charge < -0.3 is 21.2 Å². The van der Waals surface area contributed by atoms with Crippen LogP contribution in [0.15, 0.2) is 6.07 Å². The predicted molar refractivity (Wildman–Crippen MR) is 61.8 cm³/mol.